The van der Waals surface area contributed by atoms with Crippen molar-refractivity contribution in [2.24, 2.45) is 0 Å². The van der Waals surface area contributed by atoms with Crippen molar-refractivity contribution in [3.63, 3.8) is 0 Å². The summed E-state index contributed by atoms with van der Waals surface area (Å²) in [5.74, 6) is 0.661. The highest BCUT2D eigenvalue weighted by molar-refractivity contribution is 7.99. The van der Waals surface area contributed by atoms with Gasteiger partial charge in [-0.1, -0.05) is 29.8 Å². The van der Waals surface area contributed by atoms with E-state index in [0.29, 0.717) is 17.3 Å². The molecular weight excluding hydrogens is 356 g/mol. The zero-order valence-electron chi connectivity index (χ0n) is 13.9. The third-order valence-corrected chi connectivity index (χ3v) is 5.50. The lowest BCUT2D eigenvalue weighted by Crippen LogP contribution is -2.35. The van der Waals surface area contributed by atoms with Gasteiger partial charge in [0.25, 0.3) is 0 Å². The van der Waals surface area contributed by atoms with Gasteiger partial charge in [0.05, 0.1) is 5.69 Å². The Balaban J connectivity index is 1.57. The Morgan fingerprint density at radius 1 is 1.20 bits per heavy atom. The summed E-state index contributed by atoms with van der Waals surface area (Å²) in [5.41, 5.74) is 2.54. The number of benzene rings is 2. The van der Waals surface area contributed by atoms with Gasteiger partial charge >= 0.3 is 0 Å². The molecule has 0 spiro atoms. The zero-order chi connectivity index (χ0) is 17.8. The zero-order valence-corrected chi connectivity index (χ0v) is 15.5. The van der Waals surface area contributed by atoms with Crippen molar-refractivity contribution in [2.75, 3.05) is 22.5 Å². The van der Waals surface area contributed by atoms with Crippen LogP contribution >= 0.6 is 23.4 Å². The summed E-state index contributed by atoms with van der Waals surface area (Å²) in [4.78, 5) is 27.5. The molecule has 1 aliphatic heterocycles. The molecule has 0 aromatic heterocycles. The highest BCUT2D eigenvalue weighted by Crippen LogP contribution is 2.34. The predicted octanol–water partition coefficient (Wildman–Crippen LogP) is 4.51. The Hall–Kier alpha value is -1.98. The highest BCUT2D eigenvalue weighted by Gasteiger charge is 2.22. The number of carbonyl (C=O) groups excluding carboxylic acids is 2. The summed E-state index contributed by atoms with van der Waals surface area (Å²) >= 11 is 7.81. The van der Waals surface area contributed by atoms with Crippen molar-refractivity contribution in [3.8, 4) is 0 Å². The van der Waals surface area contributed by atoms with E-state index in [1.807, 2.05) is 37.3 Å². The Labute approximate surface area is 156 Å². The molecule has 6 heteroatoms. The molecule has 0 saturated heterocycles. The average molecular weight is 375 g/mol. The topological polar surface area (TPSA) is 49.4 Å². The monoisotopic (exact) mass is 374 g/mol. The number of anilines is 2. The fourth-order valence-corrected chi connectivity index (χ4v) is 3.85. The summed E-state index contributed by atoms with van der Waals surface area (Å²) in [5, 5.41) is 3.40. The maximum Gasteiger partial charge on any atom is 0.227 e. The van der Waals surface area contributed by atoms with Crippen molar-refractivity contribution in [1.82, 2.24) is 0 Å². The van der Waals surface area contributed by atoms with E-state index >= 15 is 0 Å². The van der Waals surface area contributed by atoms with Crippen molar-refractivity contribution in [1.29, 1.82) is 0 Å². The number of amides is 2. The van der Waals surface area contributed by atoms with Gasteiger partial charge in [-0.25, -0.2) is 0 Å². The van der Waals surface area contributed by atoms with E-state index in [4.69, 9.17) is 11.6 Å². The van der Waals surface area contributed by atoms with Crippen molar-refractivity contribution in [2.45, 2.75) is 24.7 Å². The third kappa shape index (κ3) is 4.35. The van der Waals surface area contributed by atoms with Gasteiger partial charge in [-0.05, 0) is 36.8 Å². The quantitative estimate of drug-likeness (QED) is 0.856. The average Bonchev–Trinajstić information content (AvgIpc) is 2.62. The van der Waals surface area contributed by atoms with Gasteiger partial charge < -0.3 is 10.2 Å². The molecule has 3 rings (SSSR count). The smallest absolute Gasteiger partial charge is 0.227 e. The van der Waals surface area contributed by atoms with Crippen LogP contribution in [0.5, 0.6) is 0 Å². The molecule has 0 unspecified atom stereocenters. The molecule has 2 aromatic rings. The number of hydrogen-bond acceptors (Lipinski definition) is 3. The number of aryl methyl sites for hydroxylation is 1. The van der Waals surface area contributed by atoms with Gasteiger partial charge in [-0.2, -0.15) is 0 Å². The number of rotatable bonds is 4. The number of halogens is 1. The maximum atomic E-state index is 12.5. The normalized spacial score (nSPS) is 13.3. The van der Waals surface area contributed by atoms with Crippen molar-refractivity contribution < 1.29 is 9.59 Å². The lowest BCUT2D eigenvalue weighted by Gasteiger charge is -2.29. The maximum absolute atomic E-state index is 12.5. The molecule has 0 aliphatic carbocycles. The number of nitrogens with zero attached hydrogens (tertiary/aromatic N) is 1. The van der Waals surface area contributed by atoms with Crippen LogP contribution in [0.3, 0.4) is 0 Å². The molecule has 1 heterocycles. The molecular formula is C19H19ClN2O2S. The molecule has 0 radical (unpaired) electrons. The largest absolute Gasteiger partial charge is 0.326 e. The summed E-state index contributed by atoms with van der Waals surface area (Å²) in [6, 6.07) is 13.2. The first-order chi connectivity index (χ1) is 12.0. The minimum atomic E-state index is -0.187. The van der Waals surface area contributed by atoms with E-state index in [9.17, 15) is 9.59 Å². The van der Waals surface area contributed by atoms with Crippen LogP contribution in [0, 0.1) is 6.92 Å². The molecule has 2 aromatic carbocycles. The molecule has 130 valence electrons. The second-order valence-electron chi connectivity index (χ2n) is 5.87. The molecule has 0 saturated carbocycles. The Bertz CT molecular complexity index is 810. The molecule has 1 aliphatic rings. The lowest BCUT2D eigenvalue weighted by molar-refractivity contribution is -0.122. The van der Waals surface area contributed by atoms with Crippen molar-refractivity contribution in [3.05, 3.63) is 53.1 Å². The van der Waals surface area contributed by atoms with Crippen LogP contribution in [0.4, 0.5) is 11.4 Å². The van der Waals surface area contributed by atoms with E-state index in [1.54, 1.807) is 28.8 Å². The van der Waals surface area contributed by atoms with Gasteiger partial charge in [0.2, 0.25) is 11.8 Å². The summed E-state index contributed by atoms with van der Waals surface area (Å²) in [6.07, 6.45) is 0.334. The van der Waals surface area contributed by atoms with Gasteiger partial charge in [0.1, 0.15) is 0 Å². The minimum Gasteiger partial charge on any atom is -0.326 e. The molecule has 1 N–H and O–H groups in total. The second-order valence-corrected chi connectivity index (χ2v) is 7.42. The fourth-order valence-electron chi connectivity index (χ4n) is 2.68. The van der Waals surface area contributed by atoms with Gasteiger partial charge in [0, 0.05) is 40.7 Å². The first-order valence-corrected chi connectivity index (χ1v) is 9.49. The van der Waals surface area contributed by atoms with Crippen LogP contribution in [-0.2, 0) is 9.59 Å². The van der Waals surface area contributed by atoms with Crippen molar-refractivity contribution >= 4 is 46.6 Å². The number of carbonyl (C=O) groups is 2. The molecule has 0 fully saturated rings. The predicted molar refractivity (Wildman–Crippen MR) is 104 cm³/mol. The highest BCUT2D eigenvalue weighted by atomic mass is 35.5. The van der Waals surface area contributed by atoms with Crippen LogP contribution in [0.25, 0.3) is 0 Å². The van der Waals surface area contributed by atoms with Gasteiger partial charge in [-0.3, -0.25) is 9.59 Å². The number of hydrogen-bond donors (Lipinski definition) is 1. The summed E-state index contributed by atoms with van der Waals surface area (Å²) in [6.45, 7) is 2.58. The van der Waals surface area contributed by atoms with E-state index in [0.717, 1.165) is 21.9 Å². The van der Waals surface area contributed by atoms with E-state index in [1.165, 1.54) is 0 Å². The van der Waals surface area contributed by atoms with Crippen LogP contribution in [0.1, 0.15) is 18.4 Å². The van der Waals surface area contributed by atoms with Crippen LogP contribution < -0.4 is 10.2 Å². The van der Waals surface area contributed by atoms with Crippen LogP contribution in [0.2, 0.25) is 5.02 Å². The second kappa shape index (κ2) is 7.93. The van der Waals surface area contributed by atoms with Gasteiger partial charge in [0.15, 0.2) is 0 Å². The molecule has 25 heavy (non-hydrogen) atoms. The van der Waals surface area contributed by atoms with Crippen LogP contribution in [-0.4, -0.2) is 24.1 Å². The molecule has 0 atom stereocenters. The van der Waals surface area contributed by atoms with E-state index in [2.05, 4.69) is 5.32 Å². The molecule has 4 nitrogen and oxygen atoms in total. The Kier molecular flexibility index (Phi) is 5.66. The summed E-state index contributed by atoms with van der Waals surface area (Å²) in [7, 11) is 0. The minimum absolute atomic E-state index is 0.0233. The number of thioether (sulfide) groups is 1. The number of nitrogens with one attached hydrogen (secondary N) is 1. The first-order valence-electron chi connectivity index (χ1n) is 8.13. The third-order valence-electron chi connectivity index (χ3n) is 4.05. The Morgan fingerprint density at radius 2 is 2.00 bits per heavy atom. The lowest BCUT2D eigenvalue weighted by atomic mass is 10.2. The summed E-state index contributed by atoms with van der Waals surface area (Å²) < 4.78 is 0. The van der Waals surface area contributed by atoms with Crippen LogP contribution in [0.15, 0.2) is 47.4 Å². The van der Waals surface area contributed by atoms with Gasteiger partial charge in [-0.15, -0.1) is 11.8 Å². The number of fused-ring (bicyclic) bond motifs is 1. The van der Waals surface area contributed by atoms with E-state index in [-0.39, 0.29) is 24.7 Å². The molecule has 0 bridgehead atoms. The number of para-hydroxylation sites is 1. The standard InChI is InChI=1S/C19H19ClN2O2S/c1-13-6-7-14(12-15(13)20)21-18(23)8-9-19(24)22-10-11-25-17-5-3-2-4-16(17)22/h2-7,12H,8-11H2,1H3,(H,21,23). The fraction of sp³-hybridized carbons (Fsp3) is 0.263. The van der Waals surface area contributed by atoms with E-state index < -0.39 is 0 Å². The first kappa shape index (κ1) is 17.8. The Morgan fingerprint density at radius 3 is 2.80 bits per heavy atom. The molecule has 2 amide bonds. The SMILES string of the molecule is Cc1ccc(NC(=O)CCC(=O)N2CCSc3ccccc32)cc1Cl.